The molecule has 0 amide bonds. The van der Waals surface area contributed by atoms with Crippen molar-refractivity contribution in [2.45, 2.75) is 26.8 Å². The summed E-state index contributed by atoms with van der Waals surface area (Å²) in [6.45, 7) is 6.22. The van der Waals surface area contributed by atoms with Crippen LogP contribution in [-0.2, 0) is 13.0 Å². The van der Waals surface area contributed by atoms with Gasteiger partial charge in [0.25, 0.3) is 5.89 Å². The van der Waals surface area contributed by atoms with Gasteiger partial charge in [-0.15, -0.1) is 0 Å². The van der Waals surface area contributed by atoms with E-state index in [4.69, 9.17) is 16.1 Å². The fourth-order valence-electron chi connectivity index (χ4n) is 3.12. The van der Waals surface area contributed by atoms with Crippen molar-refractivity contribution >= 4 is 11.6 Å². The van der Waals surface area contributed by atoms with Gasteiger partial charge in [-0.1, -0.05) is 54.9 Å². The van der Waals surface area contributed by atoms with E-state index in [-0.39, 0.29) is 0 Å². The molecule has 0 unspecified atom stereocenters. The van der Waals surface area contributed by atoms with Gasteiger partial charge in [0.2, 0.25) is 5.82 Å². The molecule has 1 aliphatic rings. The lowest BCUT2D eigenvalue weighted by atomic mass is 10.0. The molecule has 0 aliphatic carbocycles. The Balaban J connectivity index is 1.51. The van der Waals surface area contributed by atoms with Crippen molar-refractivity contribution in [3.05, 3.63) is 70.9 Å². The second kappa shape index (κ2) is 7.57. The van der Waals surface area contributed by atoms with E-state index in [0.29, 0.717) is 17.6 Å². The van der Waals surface area contributed by atoms with Gasteiger partial charge >= 0.3 is 0 Å². The molecular formula is C22H22ClN3O. The van der Waals surface area contributed by atoms with Crippen molar-refractivity contribution in [2.75, 3.05) is 6.54 Å². The van der Waals surface area contributed by atoms with Gasteiger partial charge in [-0.25, -0.2) is 0 Å². The highest BCUT2D eigenvalue weighted by Crippen LogP contribution is 2.27. The number of benzene rings is 2. The van der Waals surface area contributed by atoms with Crippen LogP contribution >= 0.6 is 11.6 Å². The Labute approximate surface area is 164 Å². The van der Waals surface area contributed by atoms with Gasteiger partial charge in [0.05, 0.1) is 0 Å². The minimum absolute atomic E-state index is 0.520. The molecule has 1 aromatic heterocycles. The zero-order chi connectivity index (χ0) is 18.8. The normalized spacial score (nSPS) is 13.3. The molecule has 0 radical (unpaired) electrons. The smallest absolute Gasteiger partial charge is 0.258 e. The third kappa shape index (κ3) is 4.06. The van der Waals surface area contributed by atoms with E-state index in [1.165, 1.54) is 5.56 Å². The highest BCUT2D eigenvalue weighted by atomic mass is 35.5. The predicted molar refractivity (Wildman–Crippen MR) is 108 cm³/mol. The van der Waals surface area contributed by atoms with Crippen LogP contribution in [0.3, 0.4) is 0 Å². The van der Waals surface area contributed by atoms with Crippen molar-refractivity contribution in [1.29, 1.82) is 0 Å². The van der Waals surface area contributed by atoms with Crippen molar-refractivity contribution in [1.82, 2.24) is 15.0 Å². The Hall–Kier alpha value is -2.59. The fourth-order valence-corrected chi connectivity index (χ4v) is 3.36. The molecule has 0 fully saturated rings. The molecule has 2 heterocycles. The fraction of sp³-hybridized carbons (Fsp3) is 0.273. The van der Waals surface area contributed by atoms with Crippen LogP contribution in [0.2, 0.25) is 5.02 Å². The van der Waals surface area contributed by atoms with Crippen molar-refractivity contribution in [2.24, 2.45) is 5.92 Å². The maximum absolute atomic E-state index is 6.45. The highest BCUT2D eigenvalue weighted by Gasteiger charge is 2.14. The van der Waals surface area contributed by atoms with Crippen molar-refractivity contribution in [3.63, 3.8) is 0 Å². The molecule has 1 aliphatic heterocycles. The van der Waals surface area contributed by atoms with E-state index >= 15 is 0 Å². The van der Waals surface area contributed by atoms with Crippen molar-refractivity contribution in [3.8, 4) is 22.8 Å². The zero-order valence-electron chi connectivity index (χ0n) is 15.5. The van der Waals surface area contributed by atoms with Crippen LogP contribution in [0.4, 0.5) is 0 Å². The number of aromatic nitrogens is 2. The van der Waals surface area contributed by atoms with E-state index in [1.54, 1.807) is 0 Å². The molecule has 0 saturated heterocycles. The summed E-state index contributed by atoms with van der Waals surface area (Å²) in [5, 5.41) is 4.85. The molecule has 3 aromatic rings. The largest absolute Gasteiger partial charge is 0.370 e. The Morgan fingerprint density at radius 1 is 1.11 bits per heavy atom. The first-order chi connectivity index (χ1) is 13.1. The van der Waals surface area contributed by atoms with Crippen LogP contribution in [-0.4, -0.2) is 21.6 Å². The lowest BCUT2D eigenvalue weighted by Crippen LogP contribution is -2.23. The Kier molecular flexibility index (Phi) is 4.99. The van der Waals surface area contributed by atoms with Crippen LogP contribution < -0.4 is 0 Å². The van der Waals surface area contributed by atoms with Gasteiger partial charge in [-0.2, -0.15) is 4.98 Å². The first-order valence-electron chi connectivity index (χ1n) is 9.21. The lowest BCUT2D eigenvalue weighted by molar-refractivity contribution is 0.368. The molecule has 27 heavy (non-hydrogen) atoms. The van der Waals surface area contributed by atoms with Crippen molar-refractivity contribution < 1.29 is 4.52 Å². The molecule has 0 spiro atoms. The van der Waals surface area contributed by atoms with E-state index < -0.39 is 0 Å². The zero-order valence-corrected chi connectivity index (χ0v) is 16.3. The van der Waals surface area contributed by atoms with Gasteiger partial charge in [0.15, 0.2) is 0 Å². The van der Waals surface area contributed by atoms with Crippen LogP contribution in [0.5, 0.6) is 0 Å². The number of halogens is 1. The topological polar surface area (TPSA) is 42.2 Å². The van der Waals surface area contributed by atoms with Gasteiger partial charge in [0, 0.05) is 29.2 Å². The molecule has 4 nitrogen and oxygen atoms in total. The van der Waals surface area contributed by atoms with E-state index in [0.717, 1.165) is 41.2 Å². The SMILES string of the molecule is CC(C)Cc1ccc(-c2nc(-c3ccc(CN4C=CC4)c(Cl)c3)no2)cc1. The third-order valence-electron chi connectivity index (χ3n) is 4.61. The quantitative estimate of drug-likeness (QED) is 0.560. The summed E-state index contributed by atoms with van der Waals surface area (Å²) in [5.74, 6) is 1.70. The summed E-state index contributed by atoms with van der Waals surface area (Å²) in [6, 6.07) is 14.2. The summed E-state index contributed by atoms with van der Waals surface area (Å²) in [4.78, 5) is 6.75. The summed E-state index contributed by atoms with van der Waals surface area (Å²) < 4.78 is 5.47. The highest BCUT2D eigenvalue weighted by molar-refractivity contribution is 6.31. The molecule has 138 valence electrons. The summed E-state index contributed by atoms with van der Waals surface area (Å²) >= 11 is 6.45. The van der Waals surface area contributed by atoms with Crippen LogP contribution in [0, 0.1) is 5.92 Å². The second-order valence-corrected chi connectivity index (χ2v) is 7.75. The van der Waals surface area contributed by atoms with Gasteiger partial charge in [-0.05, 0) is 53.9 Å². The summed E-state index contributed by atoms with van der Waals surface area (Å²) in [6.07, 6.45) is 5.26. The van der Waals surface area contributed by atoms with Gasteiger partial charge < -0.3 is 9.42 Å². The minimum Gasteiger partial charge on any atom is -0.370 e. The number of hydrogen-bond acceptors (Lipinski definition) is 4. The minimum atomic E-state index is 0.520. The van der Waals surface area contributed by atoms with E-state index in [2.05, 4.69) is 53.3 Å². The van der Waals surface area contributed by atoms with E-state index in [9.17, 15) is 0 Å². The first-order valence-corrected chi connectivity index (χ1v) is 9.59. The molecule has 0 saturated carbocycles. The molecule has 0 atom stereocenters. The Bertz CT molecular complexity index is 960. The van der Waals surface area contributed by atoms with Crippen LogP contribution in [0.15, 0.2) is 59.3 Å². The monoisotopic (exact) mass is 379 g/mol. The maximum atomic E-state index is 6.45. The number of hydrogen-bond donors (Lipinski definition) is 0. The maximum Gasteiger partial charge on any atom is 0.258 e. The lowest BCUT2D eigenvalue weighted by Gasteiger charge is -2.25. The van der Waals surface area contributed by atoms with Crippen LogP contribution in [0.1, 0.15) is 25.0 Å². The Morgan fingerprint density at radius 2 is 1.85 bits per heavy atom. The molecule has 5 heteroatoms. The first kappa shape index (κ1) is 17.8. The van der Waals surface area contributed by atoms with Crippen LogP contribution in [0.25, 0.3) is 22.8 Å². The average Bonchev–Trinajstić information content (AvgIpc) is 3.09. The standard InChI is InChI=1S/C22H22ClN3O/c1-15(2)12-16-4-6-17(7-5-16)22-24-21(25-27-22)18-8-9-19(20(23)13-18)14-26-10-3-11-26/h3-10,13,15H,11-12,14H2,1-2H3. The summed E-state index contributed by atoms with van der Waals surface area (Å²) in [7, 11) is 0. The van der Waals surface area contributed by atoms with Gasteiger partial charge in [0.1, 0.15) is 0 Å². The molecule has 0 N–H and O–H groups in total. The molecular weight excluding hydrogens is 358 g/mol. The Morgan fingerprint density at radius 3 is 2.48 bits per heavy atom. The third-order valence-corrected chi connectivity index (χ3v) is 4.96. The number of rotatable bonds is 6. The molecule has 0 bridgehead atoms. The van der Waals surface area contributed by atoms with Gasteiger partial charge in [-0.3, -0.25) is 0 Å². The summed E-state index contributed by atoms with van der Waals surface area (Å²) in [5.41, 5.74) is 4.19. The van der Waals surface area contributed by atoms with E-state index in [1.807, 2.05) is 30.3 Å². The molecule has 4 rings (SSSR count). The number of nitrogens with zero attached hydrogens (tertiary/aromatic N) is 3. The second-order valence-electron chi connectivity index (χ2n) is 7.34. The predicted octanol–water partition coefficient (Wildman–Crippen LogP) is 5.58. The molecule has 2 aromatic carbocycles. The average molecular weight is 380 g/mol.